The van der Waals surface area contributed by atoms with Gasteiger partial charge in [-0.05, 0) is 30.4 Å². The highest BCUT2D eigenvalue weighted by atomic mass is 16.5. The molecule has 1 aliphatic heterocycles. The van der Waals surface area contributed by atoms with Crippen molar-refractivity contribution in [1.82, 2.24) is 14.7 Å². The first kappa shape index (κ1) is 19.1. The smallest absolute Gasteiger partial charge is 0.308 e. The number of para-hydroxylation sites is 1. The minimum absolute atomic E-state index is 0.0833. The van der Waals surface area contributed by atoms with Crippen molar-refractivity contribution in [2.45, 2.75) is 33.2 Å². The van der Waals surface area contributed by atoms with Crippen LogP contribution in [0.3, 0.4) is 0 Å². The average Bonchev–Trinajstić information content (AvgIpc) is 2.65. The van der Waals surface area contributed by atoms with Crippen molar-refractivity contribution >= 4 is 22.8 Å². The molecule has 0 aliphatic carbocycles. The summed E-state index contributed by atoms with van der Waals surface area (Å²) in [5.74, 6) is 0.334. The Morgan fingerprint density at radius 2 is 1.89 bits per heavy atom. The fraction of sp³-hybridized carbons (Fsp3) is 0.500. The quantitative estimate of drug-likeness (QED) is 0.749. The van der Waals surface area contributed by atoms with E-state index in [-0.39, 0.29) is 30.9 Å². The van der Waals surface area contributed by atoms with E-state index in [4.69, 9.17) is 4.74 Å². The maximum absolute atomic E-state index is 12.3. The highest BCUT2D eigenvalue weighted by molar-refractivity contribution is 5.81. The number of hydrogen-bond donors (Lipinski definition) is 0. The van der Waals surface area contributed by atoms with E-state index in [1.54, 1.807) is 27.8 Å². The van der Waals surface area contributed by atoms with Crippen molar-refractivity contribution in [2.75, 3.05) is 19.7 Å². The van der Waals surface area contributed by atoms with Crippen LogP contribution in [0.15, 0.2) is 35.3 Å². The van der Waals surface area contributed by atoms with Crippen molar-refractivity contribution < 1.29 is 14.3 Å². The lowest BCUT2D eigenvalue weighted by atomic mass is 9.92. The Labute approximate surface area is 157 Å². The second-order valence-electron chi connectivity index (χ2n) is 7.40. The first-order chi connectivity index (χ1) is 12.9. The lowest BCUT2D eigenvalue weighted by Crippen LogP contribution is -2.44. The maximum Gasteiger partial charge on any atom is 0.308 e. The number of esters is 1. The predicted octanol–water partition coefficient (Wildman–Crippen LogP) is 1.83. The minimum Gasteiger partial charge on any atom is -0.456 e. The normalized spacial score (nSPS) is 19.9. The lowest BCUT2D eigenvalue weighted by Gasteiger charge is -2.34. The molecule has 1 fully saturated rings. The van der Waals surface area contributed by atoms with Gasteiger partial charge >= 0.3 is 5.97 Å². The molecule has 1 aromatic heterocycles. The van der Waals surface area contributed by atoms with Crippen molar-refractivity contribution in [3.05, 3.63) is 40.7 Å². The largest absolute Gasteiger partial charge is 0.456 e. The molecule has 1 aliphatic rings. The number of fused-ring (bicyclic) bond motifs is 1. The van der Waals surface area contributed by atoms with Gasteiger partial charge in [-0.1, -0.05) is 26.0 Å². The van der Waals surface area contributed by atoms with Gasteiger partial charge in [0.2, 0.25) is 5.43 Å². The summed E-state index contributed by atoms with van der Waals surface area (Å²) in [5, 5.41) is 4.64. The first-order valence-corrected chi connectivity index (χ1v) is 9.32. The van der Waals surface area contributed by atoms with Gasteiger partial charge in [-0.25, -0.2) is 0 Å². The fourth-order valence-electron chi connectivity index (χ4n) is 3.71. The summed E-state index contributed by atoms with van der Waals surface area (Å²) < 4.78 is 6.76. The number of hydrogen-bond acceptors (Lipinski definition) is 5. The lowest BCUT2D eigenvalue weighted by molar-refractivity contribution is -0.153. The van der Waals surface area contributed by atoms with Crippen LogP contribution >= 0.6 is 0 Å². The molecule has 0 bridgehead atoms. The molecule has 2 aromatic rings. The molecule has 7 nitrogen and oxygen atoms in total. The van der Waals surface area contributed by atoms with E-state index in [1.165, 1.54) is 6.20 Å². The third kappa shape index (κ3) is 4.72. The van der Waals surface area contributed by atoms with Crippen LogP contribution in [0.5, 0.6) is 0 Å². The van der Waals surface area contributed by atoms with Crippen LogP contribution in [0.1, 0.15) is 26.7 Å². The maximum atomic E-state index is 12.3. The standard InChI is InChI=1S/C20H25N3O4/c1-14-9-15(2)12-22(11-14)19(25)13-27-20(26)7-8-23-17-6-4-3-5-16(17)18(24)10-21-23/h3-6,10,14-15H,7-9,11-13H2,1-2H3. The molecule has 27 heavy (non-hydrogen) atoms. The van der Waals surface area contributed by atoms with Gasteiger partial charge in [-0.15, -0.1) is 0 Å². The van der Waals surface area contributed by atoms with E-state index in [2.05, 4.69) is 18.9 Å². The molecule has 7 heteroatoms. The highest BCUT2D eigenvalue weighted by Gasteiger charge is 2.25. The van der Waals surface area contributed by atoms with Crippen LogP contribution in [-0.2, 0) is 20.9 Å². The monoisotopic (exact) mass is 371 g/mol. The van der Waals surface area contributed by atoms with Gasteiger partial charge in [0.1, 0.15) is 0 Å². The average molecular weight is 371 g/mol. The molecule has 0 N–H and O–H groups in total. The number of aromatic nitrogens is 2. The summed E-state index contributed by atoms with van der Waals surface area (Å²) in [6, 6.07) is 7.12. The van der Waals surface area contributed by atoms with Gasteiger partial charge in [-0.3, -0.25) is 19.1 Å². The number of nitrogens with zero attached hydrogens (tertiary/aromatic N) is 3. The summed E-state index contributed by atoms with van der Waals surface area (Å²) in [4.78, 5) is 37.9. The third-order valence-corrected chi connectivity index (χ3v) is 4.87. The highest BCUT2D eigenvalue weighted by Crippen LogP contribution is 2.20. The van der Waals surface area contributed by atoms with Crippen LogP contribution in [0.2, 0.25) is 0 Å². The van der Waals surface area contributed by atoms with E-state index in [9.17, 15) is 14.4 Å². The molecular weight excluding hydrogens is 346 g/mol. The molecule has 0 radical (unpaired) electrons. The van der Waals surface area contributed by atoms with E-state index in [1.807, 2.05) is 6.07 Å². The van der Waals surface area contributed by atoms with Gasteiger partial charge in [0.15, 0.2) is 6.61 Å². The molecule has 2 unspecified atom stereocenters. The topological polar surface area (TPSA) is 81.5 Å². The Morgan fingerprint density at radius 3 is 2.63 bits per heavy atom. The predicted molar refractivity (Wildman–Crippen MR) is 101 cm³/mol. The van der Waals surface area contributed by atoms with Crippen LogP contribution in [0.4, 0.5) is 0 Å². The SMILES string of the molecule is CC1CC(C)CN(C(=O)COC(=O)CCn2ncc(=O)c3ccccc32)C1. The van der Waals surface area contributed by atoms with E-state index >= 15 is 0 Å². The molecule has 1 aromatic carbocycles. The zero-order valence-electron chi connectivity index (χ0n) is 15.8. The Morgan fingerprint density at radius 1 is 1.19 bits per heavy atom. The zero-order valence-corrected chi connectivity index (χ0v) is 15.8. The van der Waals surface area contributed by atoms with E-state index in [0.29, 0.717) is 35.8 Å². The molecule has 1 saturated heterocycles. The molecule has 2 atom stereocenters. The first-order valence-electron chi connectivity index (χ1n) is 9.32. The molecule has 144 valence electrons. The fourth-order valence-corrected chi connectivity index (χ4v) is 3.71. The summed E-state index contributed by atoms with van der Waals surface area (Å²) in [5.41, 5.74) is 0.519. The van der Waals surface area contributed by atoms with Gasteiger partial charge in [0.05, 0.1) is 24.7 Å². The number of aryl methyl sites for hydroxylation is 1. The summed E-state index contributed by atoms with van der Waals surface area (Å²) in [7, 11) is 0. The van der Waals surface area contributed by atoms with Crippen LogP contribution < -0.4 is 5.43 Å². The second kappa shape index (κ2) is 8.33. The van der Waals surface area contributed by atoms with Crippen molar-refractivity contribution in [2.24, 2.45) is 11.8 Å². The van der Waals surface area contributed by atoms with Gasteiger partial charge in [0, 0.05) is 18.5 Å². The van der Waals surface area contributed by atoms with E-state index in [0.717, 1.165) is 6.42 Å². The summed E-state index contributed by atoms with van der Waals surface area (Å²) in [6.07, 6.45) is 2.44. The number of piperidine rings is 1. The third-order valence-electron chi connectivity index (χ3n) is 4.87. The minimum atomic E-state index is -0.453. The summed E-state index contributed by atoms with van der Waals surface area (Å²) in [6.45, 7) is 5.75. The zero-order chi connectivity index (χ0) is 19.4. The number of likely N-dealkylation sites (tertiary alicyclic amines) is 1. The number of ether oxygens (including phenoxy) is 1. The molecule has 1 amide bonds. The molecule has 3 rings (SSSR count). The van der Waals surface area contributed by atoms with Crippen LogP contribution in [0.25, 0.3) is 10.9 Å². The number of rotatable bonds is 5. The molecule has 0 saturated carbocycles. The van der Waals surface area contributed by atoms with Gasteiger partial charge < -0.3 is 9.64 Å². The number of amides is 1. The van der Waals surface area contributed by atoms with Crippen LogP contribution in [0, 0.1) is 11.8 Å². The number of carbonyl (C=O) groups excluding carboxylic acids is 2. The number of carbonyl (C=O) groups is 2. The Bertz CT molecular complexity index is 882. The van der Waals surface area contributed by atoms with Crippen molar-refractivity contribution in [1.29, 1.82) is 0 Å². The Hall–Kier alpha value is -2.70. The van der Waals surface area contributed by atoms with Gasteiger partial charge in [-0.2, -0.15) is 5.10 Å². The Kier molecular flexibility index (Phi) is 5.88. The van der Waals surface area contributed by atoms with Crippen LogP contribution in [-0.4, -0.2) is 46.3 Å². The number of benzene rings is 1. The molecule has 2 heterocycles. The van der Waals surface area contributed by atoms with Crippen molar-refractivity contribution in [3.63, 3.8) is 0 Å². The molecule has 0 spiro atoms. The Balaban J connectivity index is 1.53. The second-order valence-corrected chi connectivity index (χ2v) is 7.40. The van der Waals surface area contributed by atoms with Crippen molar-refractivity contribution in [3.8, 4) is 0 Å². The molecular formula is C20H25N3O4. The summed E-state index contributed by atoms with van der Waals surface area (Å²) >= 11 is 0. The van der Waals surface area contributed by atoms with E-state index < -0.39 is 5.97 Å². The van der Waals surface area contributed by atoms with Gasteiger partial charge in [0.25, 0.3) is 5.91 Å².